The molecular formula is C22H28N2O2. The Bertz CT molecular complexity index is 748. The molecule has 2 saturated heterocycles. The van der Waals surface area contributed by atoms with Gasteiger partial charge in [-0.15, -0.1) is 0 Å². The monoisotopic (exact) mass is 352 g/mol. The lowest BCUT2D eigenvalue weighted by Gasteiger charge is -2.52. The average Bonchev–Trinajstić information content (AvgIpc) is 2.63. The lowest BCUT2D eigenvalue weighted by molar-refractivity contribution is -0.100. The summed E-state index contributed by atoms with van der Waals surface area (Å²) in [6, 6.07) is 15.4. The van der Waals surface area contributed by atoms with Gasteiger partial charge in [0.15, 0.2) is 0 Å². The summed E-state index contributed by atoms with van der Waals surface area (Å²) < 4.78 is 5.23. The Labute approximate surface area is 155 Å². The van der Waals surface area contributed by atoms with Crippen LogP contribution in [0.25, 0.3) is 0 Å². The van der Waals surface area contributed by atoms with E-state index in [9.17, 15) is 5.11 Å². The Balaban J connectivity index is 1.59. The molecule has 0 saturated carbocycles. The van der Waals surface area contributed by atoms with E-state index in [4.69, 9.17) is 4.74 Å². The topological polar surface area (TPSA) is 45.6 Å². The lowest BCUT2D eigenvalue weighted by atomic mass is 9.72. The summed E-state index contributed by atoms with van der Waals surface area (Å²) in [6.07, 6.45) is 5.15. The number of rotatable bonds is 4. The molecule has 0 amide bonds. The van der Waals surface area contributed by atoms with Gasteiger partial charge < -0.3 is 9.84 Å². The summed E-state index contributed by atoms with van der Waals surface area (Å²) in [7, 11) is 1.63. The number of pyridine rings is 1. The smallest absolute Gasteiger partial charge is 0.213 e. The predicted octanol–water partition coefficient (Wildman–Crippen LogP) is 3.80. The van der Waals surface area contributed by atoms with Crippen LogP contribution in [0.3, 0.4) is 0 Å². The third kappa shape index (κ3) is 3.24. The number of piperidine rings is 2. The molecule has 4 rings (SSSR count). The van der Waals surface area contributed by atoms with Gasteiger partial charge in [-0.05, 0) is 44.2 Å². The first-order valence-corrected chi connectivity index (χ1v) is 9.63. The average molecular weight is 352 g/mol. The van der Waals surface area contributed by atoms with Crippen LogP contribution in [0, 0.1) is 6.92 Å². The van der Waals surface area contributed by atoms with Crippen molar-refractivity contribution in [3.63, 3.8) is 0 Å². The number of fused-ring (bicyclic) bond motifs is 2. The Morgan fingerprint density at radius 1 is 1.12 bits per heavy atom. The van der Waals surface area contributed by atoms with Gasteiger partial charge >= 0.3 is 0 Å². The molecule has 2 atom stereocenters. The maximum absolute atomic E-state index is 11.6. The first-order valence-electron chi connectivity index (χ1n) is 9.63. The lowest BCUT2D eigenvalue weighted by Crippen LogP contribution is -2.56. The molecule has 2 unspecified atom stereocenters. The van der Waals surface area contributed by atoms with E-state index in [-0.39, 0.29) is 0 Å². The van der Waals surface area contributed by atoms with Crippen molar-refractivity contribution in [2.24, 2.45) is 0 Å². The van der Waals surface area contributed by atoms with E-state index in [1.165, 1.54) is 12.0 Å². The highest BCUT2D eigenvalue weighted by atomic mass is 16.5. The number of ether oxygens (including phenoxy) is 1. The van der Waals surface area contributed by atoms with Crippen LogP contribution in [0.4, 0.5) is 0 Å². The first kappa shape index (κ1) is 17.5. The SMILES string of the molecule is COc1ccc(C2(O)CC3CCCC(C2)N3Cc2ccccc2)c(C)n1. The van der Waals surface area contributed by atoms with Gasteiger partial charge in [0.25, 0.3) is 0 Å². The van der Waals surface area contributed by atoms with Gasteiger partial charge in [-0.3, -0.25) is 4.90 Å². The highest BCUT2D eigenvalue weighted by Crippen LogP contribution is 2.45. The highest BCUT2D eigenvalue weighted by Gasteiger charge is 2.46. The van der Waals surface area contributed by atoms with E-state index in [0.717, 1.165) is 43.5 Å². The summed E-state index contributed by atoms with van der Waals surface area (Å²) in [6.45, 7) is 2.95. The van der Waals surface area contributed by atoms with Gasteiger partial charge in [-0.1, -0.05) is 36.8 Å². The summed E-state index contributed by atoms with van der Waals surface area (Å²) in [5.74, 6) is 0.608. The largest absolute Gasteiger partial charge is 0.481 e. The second kappa shape index (κ2) is 7.01. The molecule has 2 fully saturated rings. The van der Waals surface area contributed by atoms with Crippen molar-refractivity contribution in [2.45, 2.75) is 63.3 Å². The second-order valence-corrected chi connectivity index (χ2v) is 7.82. The number of aromatic nitrogens is 1. The van der Waals surface area contributed by atoms with E-state index in [0.29, 0.717) is 18.0 Å². The predicted molar refractivity (Wildman–Crippen MR) is 102 cm³/mol. The van der Waals surface area contributed by atoms with E-state index in [2.05, 4.69) is 40.2 Å². The molecule has 2 aliphatic heterocycles. The van der Waals surface area contributed by atoms with Crippen molar-refractivity contribution in [1.82, 2.24) is 9.88 Å². The summed E-state index contributed by atoms with van der Waals surface area (Å²) in [5.41, 5.74) is 2.42. The van der Waals surface area contributed by atoms with E-state index in [1.54, 1.807) is 7.11 Å². The number of hydrogen-bond acceptors (Lipinski definition) is 4. The zero-order chi connectivity index (χ0) is 18.1. The van der Waals surface area contributed by atoms with Crippen LogP contribution in [0.5, 0.6) is 5.88 Å². The van der Waals surface area contributed by atoms with Crippen molar-refractivity contribution in [3.05, 3.63) is 59.3 Å². The van der Waals surface area contributed by atoms with E-state index >= 15 is 0 Å². The fraction of sp³-hybridized carbons (Fsp3) is 0.500. The molecule has 2 aromatic rings. The maximum Gasteiger partial charge on any atom is 0.213 e. The summed E-state index contributed by atoms with van der Waals surface area (Å²) in [5, 5.41) is 11.6. The maximum atomic E-state index is 11.6. The van der Waals surface area contributed by atoms with Crippen molar-refractivity contribution < 1.29 is 9.84 Å². The van der Waals surface area contributed by atoms with E-state index < -0.39 is 5.60 Å². The Hall–Kier alpha value is -1.91. The van der Waals surface area contributed by atoms with Crippen LogP contribution in [0.1, 0.15) is 48.9 Å². The number of hydrogen-bond donors (Lipinski definition) is 1. The van der Waals surface area contributed by atoms with Gasteiger partial charge in [0.2, 0.25) is 5.88 Å². The molecule has 0 spiro atoms. The van der Waals surface area contributed by atoms with Crippen LogP contribution in [0.15, 0.2) is 42.5 Å². The third-order valence-corrected chi connectivity index (χ3v) is 6.14. The molecule has 2 aliphatic rings. The standard InChI is InChI=1S/C22H28N2O2/c1-16-20(11-12-21(23-16)26-2)22(25)13-18-9-6-10-19(14-22)24(18)15-17-7-4-3-5-8-17/h3-5,7-8,11-12,18-19,25H,6,9-10,13-15H2,1-2H3. The Kier molecular flexibility index (Phi) is 4.72. The van der Waals surface area contributed by atoms with Crippen molar-refractivity contribution in [2.75, 3.05) is 7.11 Å². The number of aryl methyl sites for hydroxylation is 1. The molecular weight excluding hydrogens is 324 g/mol. The highest BCUT2D eigenvalue weighted by molar-refractivity contribution is 5.32. The molecule has 4 nitrogen and oxygen atoms in total. The minimum absolute atomic E-state index is 0.425. The van der Waals surface area contributed by atoms with Crippen LogP contribution in [0.2, 0.25) is 0 Å². The molecule has 4 heteroatoms. The molecule has 1 aromatic heterocycles. The third-order valence-electron chi connectivity index (χ3n) is 6.14. The molecule has 26 heavy (non-hydrogen) atoms. The molecule has 1 N–H and O–H groups in total. The summed E-state index contributed by atoms with van der Waals surface area (Å²) >= 11 is 0. The zero-order valence-electron chi connectivity index (χ0n) is 15.7. The van der Waals surface area contributed by atoms with Gasteiger partial charge in [-0.2, -0.15) is 0 Å². The van der Waals surface area contributed by atoms with Crippen molar-refractivity contribution in [1.29, 1.82) is 0 Å². The van der Waals surface area contributed by atoms with E-state index in [1.807, 2.05) is 19.1 Å². The fourth-order valence-electron chi connectivity index (χ4n) is 4.94. The number of nitrogens with zero attached hydrogens (tertiary/aromatic N) is 2. The van der Waals surface area contributed by atoms with Crippen LogP contribution >= 0.6 is 0 Å². The number of methoxy groups -OCH3 is 1. The molecule has 0 aliphatic carbocycles. The Morgan fingerprint density at radius 3 is 2.42 bits per heavy atom. The Morgan fingerprint density at radius 2 is 1.81 bits per heavy atom. The number of benzene rings is 1. The number of aliphatic hydroxyl groups is 1. The molecule has 0 radical (unpaired) electrons. The normalized spacial score (nSPS) is 28.7. The van der Waals surface area contributed by atoms with Crippen molar-refractivity contribution >= 4 is 0 Å². The van der Waals surface area contributed by atoms with Gasteiger partial charge in [0.1, 0.15) is 0 Å². The van der Waals surface area contributed by atoms with Gasteiger partial charge in [-0.25, -0.2) is 4.98 Å². The summed E-state index contributed by atoms with van der Waals surface area (Å²) in [4.78, 5) is 7.12. The second-order valence-electron chi connectivity index (χ2n) is 7.82. The zero-order valence-corrected chi connectivity index (χ0v) is 15.7. The van der Waals surface area contributed by atoms with Crippen molar-refractivity contribution in [3.8, 4) is 5.88 Å². The first-order chi connectivity index (χ1) is 12.6. The minimum Gasteiger partial charge on any atom is -0.481 e. The minimum atomic E-state index is -0.785. The van der Waals surface area contributed by atoms with Crippen LogP contribution in [-0.4, -0.2) is 34.2 Å². The quantitative estimate of drug-likeness (QED) is 0.909. The molecule has 2 bridgehead atoms. The van der Waals surface area contributed by atoms with Gasteiger partial charge in [0, 0.05) is 36.0 Å². The van der Waals surface area contributed by atoms with Gasteiger partial charge in [0.05, 0.1) is 12.7 Å². The molecule has 3 heterocycles. The molecule has 138 valence electrons. The molecule has 1 aromatic carbocycles. The fourth-order valence-corrected chi connectivity index (χ4v) is 4.94. The van der Waals surface area contributed by atoms with Crippen LogP contribution in [-0.2, 0) is 12.1 Å². The van der Waals surface area contributed by atoms with Crippen LogP contribution < -0.4 is 4.74 Å².